The lowest BCUT2D eigenvalue weighted by atomic mass is 9.88. The molecule has 4 rings (SSSR count). The van der Waals surface area contributed by atoms with Crippen LogP contribution >= 0.6 is 24.8 Å². The van der Waals surface area contributed by atoms with E-state index in [1.54, 1.807) is 21.3 Å². The average molecular weight is 534 g/mol. The average Bonchev–Trinajstić information content (AvgIpc) is 2.90. The maximum absolute atomic E-state index is 5.68. The van der Waals surface area contributed by atoms with Gasteiger partial charge in [-0.25, -0.2) is 0 Å². The Kier molecular flexibility index (Phi) is 12.4. The molecule has 1 aliphatic heterocycles. The summed E-state index contributed by atoms with van der Waals surface area (Å²) < 4.78 is 16.7. The van der Waals surface area contributed by atoms with Crippen molar-refractivity contribution < 1.29 is 14.2 Å². The lowest BCUT2D eigenvalue weighted by Crippen LogP contribution is -2.46. The molecule has 196 valence electrons. The van der Waals surface area contributed by atoms with Crippen molar-refractivity contribution in [3.8, 4) is 17.2 Å². The molecule has 0 unspecified atom stereocenters. The van der Waals surface area contributed by atoms with Gasteiger partial charge in [0.15, 0.2) is 11.5 Å². The van der Waals surface area contributed by atoms with Gasteiger partial charge >= 0.3 is 0 Å². The van der Waals surface area contributed by atoms with Gasteiger partial charge in [0.25, 0.3) is 0 Å². The summed E-state index contributed by atoms with van der Waals surface area (Å²) in [7, 11) is 4.99. The molecule has 0 aromatic heterocycles. The summed E-state index contributed by atoms with van der Waals surface area (Å²) in [5.74, 6) is 2.54. The molecule has 0 atom stereocenters. The summed E-state index contributed by atoms with van der Waals surface area (Å²) in [6, 6.07) is 25.8. The van der Waals surface area contributed by atoms with E-state index in [0.29, 0.717) is 17.4 Å². The number of benzene rings is 3. The molecule has 0 radical (unpaired) electrons. The number of piperazine rings is 1. The molecule has 0 aliphatic carbocycles. The van der Waals surface area contributed by atoms with E-state index in [4.69, 9.17) is 14.2 Å². The van der Waals surface area contributed by atoms with E-state index in [2.05, 4.69) is 76.5 Å². The van der Waals surface area contributed by atoms with Gasteiger partial charge in [-0.2, -0.15) is 0 Å². The van der Waals surface area contributed by atoms with Crippen LogP contribution in [0.2, 0.25) is 0 Å². The highest BCUT2D eigenvalue weighted by Gasteiger charge is 2.22. The van der Waals surface area contributed by atoms with E-state index in [-0.39, 0.29) is 24.8 Å². The Labute approximate surface area is 228 Å². The smallest absolute Gasteiger partial charge is 0.203 e. The maximum Gasteiger partial charge on any atom is 0.203 e. The van der Waals surface area contributed by atoms with Crippen LogP contribution in [-0.4, -0.2) is 63.9 Å². The van der Waals surface area contributed by atoms with Gasteiger partial charge in [0, 0.05) is 44.2 Å². The fourth-order valence-corrected chi connectivity index (χ4v) is 4.91. The van der Waals surface area contributed by atoms with Crippen molar-refractivity contribution >= 4 is 24.8 Å². The molecular formula is C29H38Cl2N2O3. The highest BCUT2D eigenvalue weighted by atomic mass is 35.5. The molecule has 0 spiro atoms. The Balaban J connectivity index is 0.00000228. The van der Waals surface area contributed by atoms with Crippen LogP contribution in [0.5, 0.6) is 17.2 Å². The number of halogens is 2. The maximum atomic E-state index is 5.68. The Morgan fingerprint density at radius 1 is 0.639 bits per heavy atom. The van der Waals surface area contributed by atoms with Crippen molar-refractivity contribution in [2.24, 2.45) is 0 Å². The third-order valence-corrected chi connectivity index (χ3v) is 6.78. The second kappa shape index (κ2) is 15.0. The van der Waals surface area contributed by atoms with Gasteiger partial charge in [-0.05, 0) is 30.2 Å². The molecule has 1 heterocycles. The second-order valence-corrected chi connectivity index (χ2v) is 8.77. The first-order valence-corrected chi connectivity index (χ1v) is 12.1. The number of hydrogen-bond acceptors (Lipinski definition) is 5. The van der Waals surface area contributed by atoms with Crippen LogP contribution < -0.4 is 14.2 Å². The quantitative estimate of drug-likeness (QED) is 0.325. The normalized spacial score (nSPS) is 14.0. The summed E-state index contributed by atoms with van der Waals surface area (Å²) in [5, 5.41) is 0. The van der Waals surface area contributed by atoms with Gasteiger partial charge in [-0.1, -0.05) is 66.7 Å². The van der Waals surface area contributed by atoms with Crippen LogP contribution in [-0.2, 0) is 6.54 Å². The fraction of sp³-hybridized carbons (Fsp3) is 0.379. The van der Waals surface area contributed by atoms with Crippen LogP contribution in [0.25, 0.3) is 0 Å². The molecule has 7 heteroatoms. The van der Waals surface area contributed by atoms with E-state index in [9.17, 15) is 0 Å². The highest BCUT2D eigenvalue weighted by molar-refractivity contribution is 5.85. The predicted octanol–water partition coefficient (Wildman–Crippen LogP) is 5.90. The Morgan fingerprint density at radius 2 is 1.17 bits per heavy atom. The van der Waals surface area contributed by atoms with Gasteiger partial charge in [0.2, 0.25) is 5.75 Å². The van der Waals surface area contributed by atoms with Crippen LogP contribution in [0.15, 0.2) is 72.8 Å². The molecule has 0 amide bonds. The van der Waals surface area contributed by atoms with E-state index >= 15 is 0 Å². The van der Waals surface area contributed by atoms with Crippen molar-refractivity contribution in [3.05, 3.63) is 89.5 Å². The largest absolute Gasteiger partial charge is 0.493 e. The van der Waals surface area contributed by atoms with Crippen LogP contribution in [0.3, 0.4) is 0 Å². The van der Waals surface area contributed by atoms with Gasteiger partial charge in [-0.3, -0.25) is 4.90 Å². The molecule has 36 heavy (non-hydrogen) atoms. The minimum atomic E-state index is 0. The molecule has 3 aromatic rings. The fourth-order valence-electron chi connectivity index (χ4n) is 4.91. The third kappa shape index (κ3) is 7.30. The van der Waals surface area contributed by atoms with Crippen molar-refractivity contribution in [2.45, 2.75) is 18.9 Å². The molecule has 1 aliphatic rings. The standard InChI is InChI=1S/C29H36N2O3.2ClH/c1-32-27-15-14-25(28(33-2)29(27)34-3)22-31-20-18-30(19-21-31)17-16-26(23-10-6-4-7-11-23)24-12-8-5-9-13-24;;/h4-15,26H,16-22H2,1-3H3;2*1H. The van der Waals surface area contributed by atoms with Crippen molar-refractivity contribution in [1.82, 2.24) is 9.80 Å². The SMILES string of the molecule is COc1ccc(CN2CCN(CCC(c3ccccc3)c3ccccc3)CC2)c(OC)c1OC.Cl.Cl. The molecule has 1 saturated heterocycles. The van der Waals surface area contributed by atoms with Crippen LogP contribution in [0.4, 0.5) is 0 Å². The van der Waals surface area contributed by atoms with Crippen molar-refractivity contribution in [2.75, 3.05) is 54.1 Å². The Hall–Kier alpha value is -2.44. The lowest BCUT2D eigenvalue weighted by Gasteiger charge is -2.35. The van der Waals surface area contributed by atoms with Crippen molar-refractivity contribution in [1.29, 1.82) is 0 Å². The van der Waals surface area contributed by atoms with E-state index in [1.807, 2.05) is 6.07 Å². The topological polar surface area (TPSA) is 34.2 Å². The zero-order valence-electron chi connectivity index (χ0n) is 21.4. The van der Waals surface area contributed by atoms with Gasteiger partial charge in [-0.15, -0.1) is 24.8 Å². The zero-order chi connectivity index (χ0) is 23.8. The van der Waals surface area contributed by atoms with Gasteiger partial charge in [0.1, 0.15) is 0 Å². The summed E-state index contributed by atoms with van der Waals surface area (Å²) in [6.45, 7) is 6.17. The number of ether oxygens (including phenoxy) is 3. The van der Waals surface area contributed by atoms with Gasteiger partial charge in [0.05, 0.1) is 21.3 Å². The molecule has 0 bridgehead atoms. The minimum absolute atomic E-state index is 0. The molecule has 0 saturated carbocycles. The molecule has 3 aromatic carbocycles. The molecule has 0 N–H and O–H groups in total. The number of nitrogens with zero attached hydrogens (tertiary/aromatic N) is 2. The number of methoxy groups -OCH3 is 3. The number of hydrogen-bond donors (Lipinski definition) is 0. The Bertz CT molecular complexity index is 990. The Morgan fingerprint density at radius 3 is 1.67 bits per heavy atom. The highest BCUT2D eigenvalue weighted by Crippen LogP contribution is 2.40. The van der Waals surface area contributed by atoms with Crippen LogP contribution in [0.1, 0.15) is 29.0 Å². The van der Waals surface area contributed by atoms with E-state index < -0.39 is 0 Å². The first-order chi connectivity index (χ1) is 16.7. The van der Waals surface area contributed by atoms with Crippen molar-refractivity contribution in [3.63, 3.8) is 0 Å². The summed E-state index contributed by atoms with van der Waals surface area (Å²) in [4.78, 5) is 5.09. The molecule has 1 fully saturated rings. The summed E-state index contributed by atoms with van der Waals surface area (Å²) >= 11 is 0. The third-order valence-electron chi connectivity index (χ3n) is 6.78. The summed E-state index contributed by atoms with van der Waals surface area (Å²) in [5.41, 5.74) is 3.92. The second-order valence-electron chi connectivity index (χ2n) is 8.77. The molecular weight excluding hydrogens is 495 g/mol. The van der Waals surface area contributed by atoms with E-state index in [0.717, 1.165) is 57.0 Å². The van der Waals surface area contributed by atoms with E-state index in [1.165, 1.54) is 11.1 Å². The van der Waals surface area contributed by atoms with Crippen LogP contribution in [0, 0.1) is 0 Å². The number of rotatable bonds is 10. The zero-order valence-corrected chi connectivity index (χ0v) is 23.0. The first kappa shape index (κ1) is 29.8. The molecule has 5 nitrogen and oxygen atoms in total. The first-order valence-electron chi connectivity index (χ1n) is 12.1. The summed E-state index contributed by atoms with van der Waals surface area (Å²) in [6.07, 6.45) is 1.12. The van der Waals surface area contributed by atoms with Gasteiger partial charge < -0.3 is 19.1 Å². The predicted molar refractivity (Wildman–Crippen MR) is 152 cm³/mol. The monoisotopic (exact) mass is 532 g/mol. The minimum Gasteiger partial charge on any atom is -0.493 e. The lowest BCUT2D eigenvalue weighted by molar-refractivity contribution is 0.124.